The molecule has 0 spiro atoms. The third-order valence-electron chi connectivity index (χ3n) is 2.41. The van der Waals surface area contributed by atoms with Crippen molar-refractivity contribution in [3.8, 4) is 0 Å². The third kappa shape index (κ3) is 3.63. The molecule has 0 bridgehead atoms. The van der Waals surface area contributed by atoms with Gasteiger partial charge in [0, 0.05) is 6.54 Å². The van der Waals surface area contributed by atoms with E-state index in [1.165, 1.54) is 12.1 Å². The highest BCUT2D eigenvalue weighted by Crippen LogP contribution is 2.10. The Morgan fingerprint density at radius 3 is 2.26 bits per heavy atom. The van der Waals surface area contributed by atoms with Gasteiger partial charge < -0.3 is 11.1 Å². The molecule has 0 atom stereocenters. The number of primary sulfonamides is 1. The fourth-order valence-corrected chi connectivity index (χ4v) is 1.94. The average molecular weight is 279 g/mol. The lowest BCUT2D eigenvalue weighted by Crippen LogP contribution is -2.12. The maximum Gasteiger partial charge on any atom is 0.238 e. The van der Waals surface area contributed by atoms with Crippen molar-refractivity contribution in [2.24, 2.45) is 5.14 Å². The number of nitrogen functional groups attached to an aromatic ring is 1. The fraction of sp³-hybridized carbons (Fsp3) is 0.0909. The van der Waals surface area contributed by atoms with Gasteiger partial charge in [0.1, 0.15) is 11.6 Å². The molecule has 1 aromatic heterocycles. The molecule has 2 aromatic rings. The summed E-state index contributed by atoms with van der Waals surface area (Å²) in [4.78, 5) is 0.0866. The average Bonchev–Trinajstić information content (AvgIpc) is 2.37. The predicted molar refractivity (Wildman–Crippen MR) is 71.6 cm³/mol. The maximum atomic E-state index is 11.1. The Labute approximate surface area is 110 Å². The standard InChI is InChI=1S/C11H13N5O2S/c12-10-5-6-11(16-15-10)14-7-8-1-3-9(4-2-8)19(13,17)18/h1-6H,7H2,(H2,12,15)(H,14,16)(H2,13,17,18). The van der Waals surface area contributed by atoms with E-state index in [0.717, 1.165) is 5.56 Å². The van der Waals surface area contributed by atoms with Gasteiger partial charge in [-0.25, -0.2) is 13.6 Å². The van der Waals surface area contributed by atoms with Gasteiger partial charge in [-0.3, -0.25) is 0 Å². The highest BCUT2D eigenvalue weighted by Gasteiger charge is 2.06. The van der Waals surface area contributed by atoms with Crippen LogP contribution >= 0.6 is 0 Å². The van der Waals surface area contributed by atoms with E-state index >= 15 is 0 Å². The predicted octanol–water partition coefficient (Wildman–Crippen LogP) is 0.318. The van der Waals surface area contributed by atoms with Crippen molar-refractivity contribution in [1.82, 2.24) is 10.2 Å². The van der Waals surface area contributed by atoms with Crippen LogP contribution in [0, 0.1) is 0 Å². The first-order valence-electron chi connectivity index (χ1n) is 5.40. The number of nitrogens with zero attached hydrogens (tertiary/aromatic N) is 2. The van der Waals surface area contributed by atoms with Gasteiger partial charge >= 0.3 is 0 Å². The normalized spacial score (nSPS) is 11.2. The third-order valence-corrected chi connectivity index (χ3v) is 3.34. The fourth-order valence-electron chi connectivity index (χ4n) is 1.43. The Morgan fingerprint density at radius 2 is 1.74 bits per heavy atom. The van der Waals surface area contributed by atoms with Gasteiger partial charge in [0.05, 0.1) is 4.90 Å². The zero-order valence-corrected chi connectivity index (χ0v) is 10.8. The van der Waals surface area contributed by atoms with E-state index in [4.69, 9.17) is 10.9 Å². The largest absolute Gasteiger partial charge is 0.382 e. The monoisotopic (exact) mass is 279 g/mol. The van der Waals surface area contributed by atoms with Crippen LogP contribution < -0.4 is 16.2 Å². The van der Waals surface area contributed by atoms with Gasteiger partial charge in [0.15, 0.2) is 0 Å². The minimum atomic E-state index is -3.65. The molecule has 7 nitrogen and oxygen atoms in total. The molecule has 0 radical (unpaired) electrons. The van der Waals surface area contributed by atoms with Crippen LogP contribution in [0.25, 0.3) is 0 Å². The van der Waals surface area contributed by atoms with Crippen molar-refractivity contribution in [3.63, 3.8) is 0 Å². The second-order valence-electron chi connectivity index (χ2n) is 3.89. The van der Waals surface area contributed by atoms with Crippen molar-refractivity contribution in [1.29, 1.82) is 0 Å². The van der Waals surface area contributed by atoms with Crippen LogP contribution in [0.1, 0.15) is 5.56 Å². The molecular weight excluding hydrogens is 266 g/mol. The number of anilines is 2. The van der Waals surface area contributed by atoms with E-state index in [-0.39, 0.29) is 4.90 Å². The van der Waals surface area contributed by atoms with Crippen LogP contribution in [-0.2, 0) is 16.6 Å². The van der Waals surface area contributed by atoms with Gasteiger partial charge in [0.25, 0.3) is 0 Å². The molecule has 0 aliphatic carbocycles. The number of benzene rings is 1. The summed E-state index contributed by atoms with van der Waals surface area (Å²) < 4.78 is 22.2. The summed E-state index contributed by atoms with van der Waals surface area (Å²) >= 11 is 0. The Morgan fingerprint density at radius 1 is 1.05 bits per heavy atom. The van der Waals surface area contributed by atoms with E-state index in [1.54, 1.807) is 24.3 Å². The molecular formula is C11H13N5O2S. The molecule has 0 aliphatic rings. The lowest BCUT2D eigenvalue weighted by molar-refractivity contribution is 0.598. The van der Waals surface area contributed by atoms with E-state index in [1.807, 2.05) is 0 Å². The van der Waals surface area contributed by atoms with Crippen LogP contribution in [0.5, 0.6) is 0 Å². The number of hydrogen-bond donors (Lipinski definition) is 3. The molecule has 0 saturated carbocycles. The molecule has 0 fully saturated rings. The van der Waals surface area contributed by atoms with Crippen molar-refractivity contribution in [2.45, 2.75) is 11.4 Å². The maximum absolute atomic E-state index is 11.1. The summed E-state index contributed by atoms with van der Waals surface area (Å²) in [6, 6.07) is 9.62. The zero-order chi connectivity index (χ0) is 13.9. The Kier molecular flexibility index (Phi) is 3.63. The first-order chi connectivity index (χ1) is 8.95. The molecule has 1 aromatic carbocycles. The van der Waals surface area contributed by atoms with Crippen LogP contribution in [0.4, 0.5) is 11.6 Å². The highest BCUT2D eigenvalue weighted by atomic mass is 32.2. The number of sulfonamides is 1. The molecule has 8 heteroatoms. The molecule has 100 valence electrons. The van der Waals surface area contributed by atoms with E-state index < -0.39 is 10.0 Å². The SMILES string of the molecule is Nc1ccc(NCc2ccc(S(N)(=O)=O)cc2)nn1. The summed E-state index contributed by atoms with van der Waals surface area (Å²) in [6.07, 6.45) is 0. The van der Waals surface area contributed by atoms with Gasteiger partial charge in [0.2, 0.25) is 10.0 Å². The molecule has 0 unspecified atom stereocenters. The number of nitrogens with two attached hydrogens (primary N) is 2. The van der Waals surface area contributed by atoms with Gasteiger partial charge in [-0.15, -0.1) is 10.2 Å². The summed E-state index contributed by atoms with van der Waals surface area (Å²) in [7, 11) is -3.65. The molecule has 0 amide bonds. The molecule has 1 heterocycles. The summed E-state index contributed by atoms with van der Waals surface area (Å²) in [5.41, 5.74) is 6.32. The summed E-state index contributed by atoms with van der Waals surface area (Å²) in [5.74, 6) is 0.938. The number of nitrogens with one attached hydrogen (secondary N) is 1. The van der Waals surface area contributed by atoms with Crippen molar-refractivity contribution < 1.29 is 8.42 Å². The topological polar surface area (TPSA) is 124 Å². The minimum Gasteiger partial charge on any atom is -0.382 e. The van der Waals surface area contributed by atoms with E-state index in [0.29, 0.717) is 18.2 Å². The number of aromatic nitrogens is 2. The Bertz CT molecular complexity index is 652. The molecule has 2 rings (SSSR count). The quantitative estimate of drug-likeness (QED) is 0.740. The minimum absolute atomic E-state index is 0.0866. The highest BCUT2D eigenvalue weighted by molar-refractivity contribution is 7.89. The second-order valence-corrected chi connectivity index (χ2v) is 5.45. The Hall–Kier alpha value is -2.19. The first-order valence-corrected chi connectivity index (χ1v) is 6.94. The van der Waals surface area contributed by atoms with Gasteiger partial charge in [-0.1, -0.05) is 12.1 Å². The second kappa shape index (κ2) is 5.21. The van der Waals surface area contributed by atoms with Crippen LogP contribution in [-0.4, -0.2) is 18.6 Å². The van der Waals surface area contributed by atoms with Crippen LogP contribution in [0.3, 0.4) is 0 Å². The molecule has 0 saturated heterocycles. The van der Waals surface area contributed by atoms with Crippen molar-refractivity contribution >= 4 is 21.7 Å². The number of rotatable bonds is 4. The first kappa shape index (κ1) is 13.2. The smallest absolute Gasteiger partial charge is 0.238 e. The van der Waals surface area contributed by atoms with Crippen molar-refractivity contribution in [3.05, 3.63) is 42.0 Å². The summed E-state index contributed by atoms with van der Waals surface area (Å²) in [5, 5.41) is 15.6. The van der Waals surface area contributed by atoms with Crippen molar-refractivity contribution in [2.75, 3.05) is 11.1 Å². The Balaban J connectivity index is 2.02. The lowest BCUT2D eigenvalue weighted by atomic mass is 10.2. The van der Waals surface area contributed by atoms with Gasteiger partial charge in [-0.05, 0) is 29.8 Å². The van der Waals surface area contributed by atoms with E-state index in [9.17, 15) is 8.42 Å². The van der Waals surface area contributed by atoms with E-state index in [2.05, 4.69) is 15.5 Å². The summed E-state index contributed by atoms with van der Waals surface area (Å²) in [6.45, 7) is 0.490. The van der Waals surface area contributed by atoms with Gasteiger partial charge in [-0.2, -0.15) is 0 Å². The molecule has 5 N–H and O–H groups in total. The number of hydrogen-bond acceptors (Lipinski definition) is 6. The molecule has 19 heavy (non-hydrogen) atoms. The van der Waals surface area contributed by atoms with Crippen LogP contribution in [0.15, 0.2) is 41.3 Å². The lowest BCUT2D eigenvalue weighted by Gasteiger charge is -2.05. The zero-order valence-electron chi connectivity index (χ0n) is 9.95. The molecule has 0 aliphatic heterocycles. The van der Waals surface area contributed by atoms with Crippen LogP contribution in [0.2, 0.25) is 0 Å².